The number of methoxy groups -OCH3 is 1. The summed E-state index contributed by atoms with van der Waals surface area (Å²) < 4.78 is 83.9. The maximum absolute atomic E-state index is 13.7. The first-order valence-electron chi connectivity index (χ1n) is 9.84. The predicted molar refractivity (Wildman–Crippen MR) is 112 cm³/mol. The van der Waals surface area contributed by atoms with Crippen LogP contribution in [0.2, 0.25) is 25.7 Å². The maximum atomic E-state index is 13.7. The van der Waals surface area contributed by atoms with E-state index in [0.29, 0.717) is 0 Å². The van der Waals surface area contributed by atoms with Gasteiger partial charge >= 0.3 is 11.9 Å². The summed E-state index contributed by atoms with van der Waals surface area (Å²) in [6.07, 6.45) is -6.81. The van der Waals surface area contributed by atoms with E-state index >= 15 is 0 Å². The van der Waals surface area contributed by atoms with Gasteiger partial charge in [-0.3, -0.25) is 0 Å². The SMILES string of the molecule is COc1ncc(-c2ccc(C(F)(F)F)c3c2oc(=O)n3COCC[Si](C)(C)C)nc1C(F)F. The number of fused-ring (bicyclic) bond motifs is 1. The van der Waals surface area contributed by atoms with E-state index in [9.17, 15) is 26.7 Å². The minimum Gasteiger partial charge on any atom is -0.480 e. The van der Waals surface area contributed by atoms with Crippen LogP contribution < -0.4 is 10.5 Å². The lowest BCUT2D eigenvalue weighted by Gasteiger charge is -2.16. The van der Waals surface area contributed by atoms with Crippen molar-refractivity contribution in [2.75, 3.05) is 13.7 Å². The van der Waals surface area contributed by atoms with E-state index in [0.717, 1.165) is 36.1 Å². The highest BCUT2D eigenvalue weighted by molar-refractivity contribution is 6.76. The van der Waals surface area contributed by atoms with Gasteiger partial charge in [-0.2, -0.15) is 13.2 Å². The summed E-state index contributed by atoms with van der Waals surface area (Å²) in [6.45, 7) is 6.12. The Bertz CT molecular complexity index is 1200. The number of ether oxygens (including phenoxy) is 2. The lowest BCUT2D eigenvalue weighted by Crippen LogP contribution is -2.23. The van der Waals surface area contributed by atoms with Gasteiger partial charge in [-0.15, -0.1) is 0 Å². The molecule has 0 unspecified atom stereocenters. The van der Waals surface area contributed by atoms with Crippen molar-refractivity contribution in [2.24, 2.45) is 0 Å². The van der Waals surface area contributed by atoms with E-state index < -0.39 is 61.4 Å². The summed E-state index contributed by atoms with van der Waals surface area (Å²) in [6, 6.07) is 2.47. The van der Waals surface area contributed by atoms with Crippen LogP contribution >= 0.6 is 0 Å². The normalized spacial score (nSPS) is 12.7. The molecule has 3 aromatic rings. The monoisotopic (exact) mass is 491 g/mol. The molecule has 0 aliphatic carbocycles. The molecule has 33 heavy (non-hydrogen) atoms. The quantitative estimate of drug-likeness (QED) is 0.241. The summed E-state index contributed by atoms with van der Waals surface area (Å²) in [5.41, 5.74) is -3.24. The lowest BCUT2D eigenvalue weighted by molar-refractivity contribution is -0.136. The largest absolute Gasteiger partial charge is 0.480 e. The third-order valence-corrected chi connectivity index (χ3v) is 6.48. The van der Waals surface area contributed by atoms with Crippen LogP contribution in [0.25, 0.3) is 22.4 Å². The van der Waals surface area contributed by atoms with Crippen LogP contribution in [-0.4, -0.2) is 36.3 Å². The highest BCUT2D eigenvalue weighted by Gasteiger charge is 2.36. The molecule has 0 saturated carbocycles. The molecule has 7 nitrogen and oxygen atoms in total. The van der Waals surface area contributed by atoms with Crippen LogP contribution in [0.15, 0.2) is 27.5 Å². The van der Waals surface area contributed by atoms with Gasteiger partial charge < -0.3 is 13.9 Å². The highest BCUT2D eigenvalue weighted by Crippen LogP contribution is 2.39. The van der Waals surface area contributed by atoms with Crippen molar-refractivity contribution in [3.05, 3.63) is 40.1 Å². The van der Waals surface area contributed by atoms with E-state index in [1.54, 1.807) is 0 Å². The third-order valence-electron chi connectivity index (χ3n) is 4.77. The third kappa shape index (κ3) is 5.41. The Hall–Kier alpha value is -2.80. The molecule has 0 saturated heterocycles. The molecule has 0 aliphatic heterocycles. The second kappa shape index (κ2) is 9.21. The van der Waals surface area contributed by atoms with Crippen molar-refractivity contribution >= 4 is 19.2 Å². The molecule has 0 amide bonds. The molecular weight excluding hydrogens is 469 g/mol. The Labute approximate surface area is 186 Å². The van der Waals surface area contributed by atoms with E-state index in [1.807, 2.05) is 0 Å². The highest BCUT2D eigenvalue weighted by atomic mass is 28.3. The fraction of sp³-hybridized carbons (Fsp3) is 0.450. The molecule has 3 rings (SSSR count). The number of oxazole rings is 1. The van der Waals surface area contributed by atoms with Gasteiger partial charge in [-0.25, -0.2) is 28.1 Å². The first-order valence-corrected chi connectivity index (χ1v) is 13.5. The van der Waals surface area contributed by atoms with Crippen molar-refractivity contribution < 1.29 is 35.8 Å². The van der Waals surface area contributed by atoms with Crippen LogP contribution in [0.3, 0.4) is 0 Å². The summed E-state index contributed by atoms with van der Waals surface area (Å²) in [7, 11) is -0.333. The van der Waals surface area contributed by atoms with Gasteiger partial charge in [-0.1, -0.05) is 19.6 Å². The standard InChI is InChI=1S/C20H22F5N3O4Si/c1-30-18-14(17(21)22)27-13(9-26-18)11-5-6-12(20(23,24)25)15-16(11)32-19(29)28(15)10-31-7-8-33(2,3)4/h5-6,9,17H,7-8,10H2,1-4H3. The van der Waals surface area contributed by atoms with Gasteiger partial charge in [0.2, 0.25) is 5.88 Å². The van der Waals surface area contributed by atoms with E-state index in [2.05, 4.69) is 29.6 Å². The molecule has 0 atom stereocenters. The Kier molecular flexibility index (Phi) is 6.93. The average molecular weight is 491 g/mol. The van der Waals surface area contributed by atoms with Crippen molar-refractivity contribution in [3.63, 3.8) is 0 Å². The average Bonchev–Trinajstić information content (AvgIpc) is 3.04. The summed E-state index contributed by atoms with van der Waals surface area (Å²) >= 11 is 0. The van der Waals surface area contributed by atoms with Gasteiger partial charge in [0, 0.05) is 20.2 Å². The van der Waals surface area contributed by atoms with Gasteiger partial charge in [-0.05, 0) is 18.2 Å². The number of rotatable bonds is 8. The molecule has 13 heteroatoms. The number of hydrogen-bond donors (Lipinski definition) is 0. The number of benzene rings is 1. The van der Waals surface area contributed by atoms with Crippen molar-refractivity contribution in [1.82, 2.24) is 14.5 Å². The zero-order valence-corrected chi connectivity index (χ0v) is 19.3. The van der Waals surface area contributed by atoms with Crippen molar-refractivity contribution in [2.45, 2.75) is 45.0 Å². The van der Waals surface area contributed by atoms with E-state index in [-0.39, 0.29) is 17.9 Å². The molecule has 0 bridgehead atoms. The molecule has 180 valence electrons. The fourth-order valence-electron chi connectivity index (χ4n) is 3.08. The lowest BCUT2D eigenvalue weighted by atomic mass is 10.1. The summed E-state index contributed by atoms with van der Waals surface area (Å²) in [5, 5.41) is 0. The Morgan fingerprint density at radius 3 is 2.48 bits per heavy atom. The van der Waals surface area contributed by atoms with Crippen LogP contribution in [0.5, 0.6) is 5.88 Å². The summed E-state index contributed by atoms with van der Waals surface area (Å²) in [4.78, 5) is 20.0. The number of halogens is 5. The molecule has 0 radical (unpaired) electrons. The Balaban J connectivity index is 2.15. The minimum absolute atomic E-state index is 0.104. The summed E-state index contributed by atoms with van der Waals surface area (Å²) in [5.74, 6) is -1.50. The number of nitrogens with zero attached hydrogens (tertiary/aromatic N) is 3. The Morgan fingerprint density at radius 1 is 1.21 bits per heavy atom. The van der Waals surface area contributed by atoms with Gasteiger partial charge in [0.25, 0.3) is 6.43 Å². The maximum Gasteiger partial charge on any atom is 0.421 e. The van der Waals surface area contributed by atoms with Gasteiger partial charge in [0.15, 0.2) is 11.3 Å². The smallest absolute Gasteiger partial charge is 0.421 e. The van der Waals surface area contributed by atoms with E-state index in [1.165, 1.54) is 0 Å². The van der Waals surface area contributed by atoms with Crippen LogP contribution in [0.4, 0.5) is 22.0 Å². The molecule has 2 heterocycles. The molecule has 2 aromatic heterocycles. The fourth-order valence-corrected chi connectivity index (χ4v) is 3.84. The molecular formula is C20H22F5N3O4Si. The van der Waals surface area contributed by atoms with Crippen molar-refractivity contribution in [3.8, 4) is 17.1 Å². The van der Waals surface area contributed by atoms with Crippen LogP contribution in [0.1, 0.15) is 17.7 Å². The van der Waals surface area contributed by atoms with Gasteiger partial charge in [0.1, 0.15) is 12.2 Å². The van der Waals surface area contributed by atoms with E-state index in [4.69, 9.17) is 13.9 Å². The second-order valence-electron chi connectivity index (χ2n) is 8.43. The zero-order chi connectivity index (χ0) is 24.6. The molecule has 1 aromatic carbocycles. The number of aromatic nitrogens is 3. The van der Waals surface area contributed by atoms with Gasteiger partial charge in [0.05, 0.1) is 24.6 Å². The molecule has 0 aliphatic rings. The number of alkyl halides is 5. The second-order valence-corrected chi connectivity index (χ2v) is 14.1. The van der Waals surface area contributed by atoms with Crippen molar-refractivity contribution in [1.29, 1.82) is 0 Å². The molecule has 0 spiro atoms. The molecule has 0 N–H and O–H groups in total. The predicted octanol–water partition coefficient (Wildman–Crippen LogP) is 5.33. The number of hydrogen-bond acceptors (Lipinski definition) is 6. The first kappa shape index (κ1) is 24.8. The minimum atomic E-state index is -4.81. The molecule has 0 fully saturated rings. The zero-order valence-electron chi connectivity index (χ0n) is 18.3. The Morgan fingerprint density at radius 2 is 1.91 bits per heavy atom. The van der Waals surface area contributed by atoms with Crippen LogP contribution in [0, 0.1) is 0 Å². The van der Waals surface area contributed by atoms with Crippen LogP contribution in [-0.2, 0) is 17.6 Å². The topological polar surface area (TPSA) is 79.4 Å². The first-order chi connectivity index (χ1) is 15.3.